The van der Waals surface area contributed by atoms with Crippen molar-refractivity contribution in [2.24, 2.45) is 11.3 Å². The monoisotopic (exact) mass is 398 g/mol. The third-order valence-corrected chi connectivity index (χ3v) is 6.93. The first-order chi connectivity index (χ1) is 14.2. The van der Waals surface area contributed by atoms with Crippen molar-refractivity contribution in [3.63, 3.8) is 0 Å². The van der Waals surface area contributed by atoms with E-state index in [-0.39, 0.29) is 5.97 Å². The van der Waals surface area contributed by atoms with Gasteiger partial charge >= 0.3 is 5.97 Å². The molecule has 1 aromatic heterocycles. The summed E-state index contributed by atoms with van der Waals surface area (Å²) in [5.74, 6) is 0.908. The molecule has 2 saturated heterocycles. The average Bonchev–Trinajstić information content (AvgIpc) is 2.79. The minimum absolute atomic E-state index is 0.0791. The average molecular weight is 399 g/mol. The van der Waals surface area contributed by atoms with Crippen molar-refractivity contribution < 1.29 is 14.3 Å². The smallest absolute Gasteiger partial charge is 0.314 e. The second kappa shape index (κ2) is 8.68. The number of carbonyl (C=O) groups excluding carboxylic acids is 1. The Morgan fingerprint density at radius 2 is 2.21 bits per heavy atom. The molecule has 0 spiro atoms. The molecular weight excluding hydrogens is 368 g/mol. The standard InChI is InChI=1S/C22H30N4O3/c1-2-29-21(27)22-7-5-19(25-10-12-28-13-11-25)14-18(22)6-9-26(16-22)20-17(15-23)4-3-8-24-20/h3-4,8,18-19H,2,5-7,9-14,16H2,1H3/t18-,19?,22-/m1/s1. The van der Waals surface area contributed by atoms with Gasteiger partial charge in [-0.2, -0.15) is 5.26 Å². The first-order valence-electron chi connectivity index (χ1n) is 10.8. The van der Waals surface area contributed by atoms with E-state index in [0.29, 0.717) is 36.5 Å². The maximum atomic E-state index is 13.2. The van der Waals surface area contributed by atoms with Crippen LogP contribution in [0.5, 0.6) is 0 Å². The Balaban J connectivity index is 1.57. The van der Waals surface area contributed by atoms with Gasteiger partial charge in [0.15, 0.2) is 0 Å². The number of morpholine rings is 1. The Morgan fingerprint density at radius 1 is 1.38 bits per heavy atom. The molecule has 4 rings (SSSR count). The molecular formula is C22H30N4O3. The molecule has 0 bridgehead atoms. The fourth-order valence-electron chi connectivity index (χ4n) is 5.43. The van der Waals surface area contributed by atoms with Crippen molar-refractivity contribution in [1.29, 1.82) is 5.26 Å². The Kier molecular flexibility index (Phi) is 6.02. The molecule has 3 heterocycles. The molecule has 3 atom stereocenters. The molecule has 0 aromatic carbocycles. The molecule has 1 saturated carbocycles. The van der Waals surface area contributed by atoms with Crippen LogP contribution in [0.15, 0.2) is 18.3 Å². The number of ether oxygens (including phenoxy) is 2. The topological polar surface area (TPSA) is 78.7 Å². The zero-order valence-corrected chi connectivity index (χ0v) is 17.2. The molecule has 3 aliphatic rings. The van der Waals surface area contributed by atoms with Crippen LogP contribution < -0.4 is 4.90 Å². The van der Waals surface area contributed by atoms with Crippen LogP contribution in [0.2, 0.25) is 0 Å². The van der Waals surface area contributed by atoms with Crippen LogP contribution in [-0.4, -0.2) is 67.9 Å². The number of pyridine rings is 1. The molecule has 7 heteroatoms. The predicted octanol–water partition coefficient (Wildman–Crippen LogP) is 2.21. The minimum Gasteiger partial charge on any atom is -0.466 e. The van der Waals surface area contributed by atoms with E-state index in [1.54, 1.807) is 18.3 Å². The van der Waals surface area contributed by atoms with Crippen molar-refractivity contribution in [3.8, 4) is 6.07 Å². The van der Waals surface area contributed by atoms with E-state index in [1.807, 2.05) is 6.92 Å². The van der Waals surface area contributed by atoms with Gasteiger partial charge in [0.1, 0.15) is 11.9 Å². The summed E-state index contributed by atoms with van der Waals surface area (Å²) in [5, 5.41) is 9.49. The second-order valence-corrected chi connectivity index (χ2v) is 8.35. The van der Waals surface area contributed by atoms with Gasteiger partial charge in [-0.05, 0) is 50.7 Å². The highest BCUT2D eigenvalue weighted by atomic mass is 16.5. The quantitative estimate of drug-likeness (QED) is 0.720. The van der Waals surface area contributed by atoms with Crippen LogP contribution in [0, 0.1) is 22.7 Å². The SMILES string of the molecule is CCOC(=O)[C@@]12CCC(N3CCOCC3)C[C@H]1CCN(c1ncccc1C#N)C2. The number of aromatic nitrogens is 1. The van der Waals surface area contributed by atoms with Crippen molar-refractivity contribution in [3.05, 3.63) is 23.9 Å². The Bertz CT molecular complexity index is 774. The number of hydrogen-bond donors (Lipinski definition) is 0. The van der Waals surface area contributed by atoms with E-state index in [4.69, 9.17) is 9.47 Å². The number of esters is 1. The lowest BCUT2D eigenvalue weighted by atomic mass is 9.61. The maximum Gasteiger partial charge on any atom is 0.314 e. The fourth-order valence-corrected chi connectivity index (χ4v) is 5.43. The summed E-state index contributed by atoms with van der Waals surface area (Å²) in [4.78, 5) is 22.3. The van der Waals surface area contributed by atoms with E-state index >= 15 is 0 Å². The first kappa shape index (κ1) is 20.1. The van der Waals surface area contributed by atoms with Gasteiger partial charge in [-0.1, -0.05) is 0 Å². The van der Waals surface area contributed by atoms with Crippen molar-refractivity contribution in [2.45, 2.75) is 38.6 Å². The van der Waals surface area contributed by atoms with E-state index < -0.39 is 5.41 Å². The molecule has 1 aromatic rings. The molecule has 156 valence electrons. The molecule has 2 aliphatic heterocycles. The number of rotatable bonds is 4. The zero-order chi connectivity index (χ0) is 20.3. The molecule has 0 radical (unpaired) electrons. The third kappa shape index (κ3) is 3.84. The highest BCUT2D eigenvalue weighted by Crippen LogP contribution is 2.49. The van der Waals surface area contributed by atoms with Gasteiger partial charge in [0, 0.05) is 38.4 Å². The molecule has 0 amide bonds. The molecule has 7 nitrogen and oxygen atoms in total. The summed E-state index contributed by atoms with van der Waals surface area (Å²) in [5.41, 5.74) is 0.0494. The van der Waals surface area contributed by atoms with E-state index in [9.17, 15) is 10.1 Å². The van der Waals surface area contributed by atoms with Crippen LogP contribution in [-0.2, 0) is 14.3 Å². The number of nitriles is 1. The second-order valence-electron chi connectivity index (χ2n) is 8.35. The largest absolute Gasteiger partial charge is 0.466 e. The van der Waals surface area contributed by atoms with E-state index in [1.165, 1.54) is 0 Å². The molecule has 3 fully saturated rings. The number of nitrogens with zero attached hydrogens (tertiary/aromatic N) is 4. The summed E-state index contributed by atoms with van der Waals surface area (Å²) in [6, 6.07) is 6.33. The number of fused-ring (bicyclic) bond motifs is 1. The Morgan fingerprint density at radius 3 is 2.97 bits per heavy atom. The predicted molar refractivity (Wildman–Crippen MR) is 108 cm³/mol. The van der Waals surface area contributed by atoms with Crippen LogP contribution in [0.1, 0.15) is 38.2 Å². The van der Waals surface area contributed by atoms with E-state index in [0.717, 1.165) is 58.5 Å². The van der Waals surface area contributed by atoms with E-state index in [2.05, 4.69) is 20.9 Å². The molecule has 1 aliphatic carbocycles. The number of hydrogen-bond acceptors (Lipinski definition) is 7. The Hall–Kier alpha value is -2.17. The summed E-state index contributed by atoms with van der Waals surface area (Å²) >= 11 is 0. The van der Waals surface area contributed by atoms with Gasteiger partial charge in [-0.3, -0.25) is 9.69 Å². The maximum absolute atomic E-state index is 13.2. The summed E-state index contributed by atoms with van der Waals surface area (Å²) < 4.78 is 11.1. The van der Waals surface area contributed by atoms with Gasteiger partial charge in [-0.25, -0.2) is 4.98 Å². The fraction of sp³-hybridized carbons (Fsp3) is 0.682. The summed E-state index contributed by atoms with van der Waals surface area (Å²) in [6.45, 7) is 7.22. The van der Waals surface area contributed by atoms with Gasteiger partial charge in [0.05, 0.1) is 30.8 Å². The van der Waals surface area contributed by atoms with Crippen LogP contribution in [0.3, 0.4) is 0 Å². The normalized spacial score (nSPS) is 30.3. The van der Waals surface area contributed by atoms with Crippen molar-refractivity contribution >= 4 is 11.8 Å². The van der Waals surface area contributed by atoms with Crippen LogP contribution in [0.25, 0.3) is 0 Å². The van der Waals surface area contributed by atoms with Gasteiger partial charge in [0.2, 0.25) is 0 Å². The van der Waals surface area contributed by atoms with Gasteiger partial charge < -0.3 is 14.4 Å². The summed E-state index contributed by atoms with van der Waals surface area (Å²) in [6.07, 6.45) is 5.48. The van der Waals surface area contributed by atoms with Gasteiger partial charge in [0.25, 0.3) is 0 Å². The highest BCUT2D eigenvalue weighted by Gasteiger charge is 2.54. The highest BCUT2D eigenvalue weighted by molar-refractivity contribution is 5.79. The molecule has 29 heavy (non-hydrogen) atoms. The van der Waals surface area contributed by atoms with Crippen LogP contribution >= 0.6 is 0 Å². The lowest BCUT2D eigenvalue weighted by Gasteiger charge is -2.52. The zero-order valence-electron chi connectivity index (χ0n) is 17.2. The number of carbonyl (C=O) groups is 1. The first-order valence-corrected chi connectivity index (χ1v) is 10.8. The summed E-state index contributed by atoms with van der Waals surface area (Å²) in [7, 11) is 0. The minimum atomic E-state index is -0.513. The lowest BCUT2D eigenvalue weighted by molar-refractivity contribution is -0.164. The van der Waals surface area contributed by atoms with Gasteiger partial charge in [-0.15, -0.1) is 0 Å². The third-order valence-electron chi connectivity index (χ3n) is 6.93. The molecule has 0 N–H and O–H groups in total. The van der Waals surface area contributed by atoms with Crippen LogP contribution in [0.4, 0.5) is 5.82 Å². The lowest BCUT2D eigenvalue weighted by Crippen LogP contribution is -2.59. The molecule has 1 unspecified atom stereocenters. The number of anilines is 1. The number of piperidine rings is 1. The van der Waals surface area contributed by atoms with Crippen molar-refractivity contribution in [1.82, 2.24) is 9.88 Å². The van der Waals surface area contributed by atoms with Crippen molar-refractivity contribution in [2.75, 3.05) is 50.9 Å². The Labute approximate surface area is 172 Å².